The summed E-state index contributed by atoms with van der Waals surface area (Å²) in [6, 6.07) is 11.4. The summed E-state index contributed by atoms with van der Waals surface area (Å²) in [6.45, 7) is 3.32. The number of pyridine rings is 1. The van der Waals surface area contributed by atoms with Gasteiger partial charge in [0.15, 0.2) is 23.9 Å². The highest BCUT2D eigenvalue weighted by Crippen LogP contribution is 2.32. The lowest BCUT2D eigenvalue weighted by molar-refractivity contribution is -0.123. The Morgan fingerprint density at radius 2 is 2.00 bits per heavy atom. The molecule has 0 bridgehead atoms. The number of aromatic amines is 1. The van der Waals surface area contributed by atoms with Crippen LogP contribution < -0.4 is 15.4 Å². The number of benzene rings is 2. The Morgan fingerprint density at radius 3 is 2.76 bits per heavy atom. The van der Waals surface area contributed by atoms with Crippen LogP contribution >= 0.6 is 11.6 Å². The fourth-order valence-corrected chi connectivity index (χ4v) is 4.93. The molecule has 0 aliphatic carbocycles. The molecule has 1 amide bonds. The molecule has 9 nitrogen and oxygen atoms in total. The number of H-pyrrole nitrogens is 1. The van der Waals surface area contributed by atoms with Crippen molar-refractivity contribution in [3.63, 3.8) is 0 Å². The van der Waals surface area contributed by atoms with Crippen molar-refractivity contribution in [3.8, 4) is 17.1 Å². The molecule has 41 heavy (non-hydrogen) atoms. The zero-order valence-corrected chi connectivity index (χ0v) is 23.6. The van der Waals surface area contributed by atoms with Crippen LogP contribution in [-0.4, -0.2) is 83.6 Å². The molecule has 2 aromatic heterocycles. The number of hydrogen-bond acceptors (Lipinski definition) is 7. The van der Waals surface area contributed by atoms with Gasteiger partial charge in [-0.15, -0.1) is 0 Å². The topological polar surface area (TPSA) is 98.4 Å². The number of likely N-dealkylation sites (tertiary alicyclic amines) is 1. The normalized spacial score (nSPS) is 15.5. The molecule has 0 radical (unpaired) electrons. The molecule has 5 rings (SSSR count). The van der Waals surface area contributed by atoms with Crippen molar-refractivity contribution in [2.75, 3.05) is 52.2 Å². The second-order valence-corrected chi connectivity index (χ2v) is 10.8. The highest BCUT2D eigenvalue weighted by Gasteiger charge is 2.25. The molecular weight excluding hydrogens is 552 g/mol. The van der Waals surface area contributed by atoms with Crippen molar-refractivity contribution in [3.05, 3.63) is 70.9 Å². The van der Waals surface area contributed by atoms with Gasteiger partial charge in [0.25, 0.3) is 5.91 Å². The van der Waals surface area contributed by atoms with Crippen LogP contribution in [0.25, 0.3) is 22.6 Å². The molecular formula is C29H32ClF2N7O2. The molecule has 2 aromatic carbocycles. The maximum Gasteiger partial charge on any atom is 0.257 e. The Kier molecular flexibility index (Phi) is 8.96. The lowest BCUT2D eigenvalue weighted by atomic mass is 10.2. The molecule has 1 atom stereocenters. The van der Waals surface area contributed by atoms with E-state index in [1.54, 1.807) is 24.4 Å². The number of imidazole rings is 1. The van der Waals surface area contributed by atoms with E-state index in [1.165, 1.54) is 6.07 Å². The number of likely N-dealkylation sites (N-methyl/N-ethyl adjacent to an activating group) is 1. The number of rotatable bonds is 11. The summed E-state index contributed by atoms with van der Waals surface area (Å²) in [4.78, 5) is 28.5. The Labute approximate surface area is 241 Å². The van der Waals surface area contributed by atoms with Crippen molar-refractivity contribution in [2.45, 2.75) is 19.0 Å². The van der Waals surface area contributed by atoms with Gasteiger partial charge in [-0.1, -0.05) is 17.7 Å². The molecule has 1 aliphatic heterocycles. The first-order valence-electron chi connectivity index (χ1n) is 13.4. The van der Waals surface area contributed by atoms with Crippen LogP contribution in [0.2, 0.25) is 5.02 Å². The number of aromatic nitrogens is 3. The van der Waals surface area contributed by atoms with Gasteiger partial charge in [-0.25, -0.2) is 18.7 Å². The van der Waals surface area contributed by atoms with Crippen LogP contribution in [0.3, 0.4) is 0 Å². The van der Waals surface area contributed by atoms with Crippen molar-refractivity contribution in [1.82, 2.24) is 30.1 Å². The summed E-state index contributed by atoms with van der Waals surface area (Å²) in [5.41, 5.74) is 3.49. The van der Waals surface area contributed by atoms with Gasteiger partial charge < -0.3 is 25.3 Å². The molecule has 1 saturated heterocycles. The fourth-order valence-electron chi connectivity index (χ4n) is 4.73. The van der Waals surface area contributed by atoms with Crippen molar-refractivity contribution in [1.29, 1.82) is 0 Å². The standard InChI is InChI=1S/C29H32ClF2N7O2/c1-38(2)12-10-33-25(40)17-41-21-6-4-19(5-7-21)28-36-27-26(22(30)14-34-29(27)37-28)35-20-9-11-39(16-20)15-18-3-8-23(31)24(32)13-18/h3-8,13-14,20H,9-12,15-17H2,1-2H3,(H,33,40)(H2,34,35,36,37)/t20-/m0/s1. The van der Waals surface area contributed by atoms with E-state index in [9.17, 15) is 13.6 Å². The number of halogens is 3. The van der Waals surface area contributed by atoms with E-state index in [-0.39, 0.29) is 18.6 Å². The fraction of sp³-hybridized carbons (Fsp3) is 0.345. The van der Waals surface area contributed by atoms with Crippen LogP contribution in [0, 0.1) is 11.6 Å². The molecule has 12 heteroatoms. The van der Waals surface area contributed by atoms with Crippen LogP contribution in [0.1, 0.15) is 12.0 Å². The molecule has 1 aliphatic rings. The molecule has 3 heterocycles. The molecule has 0 unspecified atom stereocenters. The van der Waals surface area contributed by atoms with Gasteiger partial charge in [0, 0.05) is 44.3 Å². The smallest absolute Gasteiger partial charge is 0.257 e. The van der Waals surface area contributed by atoms with Crippen LogP contribution in [0.15, 0.2) is 48.7 Å². The summed E-state index contributed by atoms with van der Waals surface area (Å²) < 4.78 is 32.5. The van der Waals surface area contributed by atoms with E-state index in [0.717, 1.165) is 48.9 Å². The van der Waals surface area contributed by atoms with Crippen molar-refractivity contribution < 1.29 is 18.3 Å². The number of fused-ring (bicyclic) bond motifs is 1. The van der Waals surface area contributed by atoms with Gasteiger partial charge in [-0.05, 0) is 62.5 Å². The molecule has 0 saturated carbocycles. The minimum absolute atomic E-state index is 0.0613. The van der Waals surface area contributed by atoms with Gasteiger partial charge in [-0.3, -0.25) is 9.69 Å². The molecule has 3 N–H and O–H groups in total. The van der Waals surface area contributed by atoms with E-state index in [4.69, 9.17) is 16.3 Å². The van der Waals surface area contributed by atoms with Crippen molar-refractivity contribution >= 4 is 34.4 Å². The van der Waals surface area contributed by atoms with Crippen LogP contribution in [0.4, 0.5) is 14.5 Å². The quantitative estimate of drug-likeness (QED) is 0.242. The third kappa shape index (κ3) is 7.29. The van der Waals surface area contributed by atoms with E-state index in [1.807, 2.05) is 31.1 Å². The number of amides is 1. The third-order valence-electron chi connectivity index (χ3n) is 6.86. The Morgan fingerprint density at radius 1 is 1.20 bits per heavy atom. The van der Waals surface area contributed by atoms with Gasteiger partial charge >= 0.3 is 0 Å². The number of nitrogens with one attached hydrogen (secondary N) is 3. The number of anilines is 1. The molecule has 1 fully saturated rings. The summed E-state index contributed by atoms with van der Waals surface area (Å²) >= 11 is 6.55. The predicted octanol–water partition coefficient (Wildman–Crippen LogP) is 4.30. The SMILES string of the molecule is CN(C)CCNC(=O)COc1ccc(-c2nc3ncc(Cl)c(N[C@H]4CCN(Cc5ccc(F)c(F)c5)C4)c3[nH]2)cc1. The molecule has 216 valence electrons. The van der Waals surface area contributed by atoms with E-state index in [0.29, 0.717) is 40.8 Å². The van der Waals surface area contributed by atoms with Crippen molar-refractivity contribution in [2.24, 2.45) is 0 Å². The largest absolute Gasteiger partial charge is 0.484 e. The summed E-state index contributed by atoms with van der Waals surface area (Å²) in [7, 11) is 3.89. The Bertz CT molecular complexity index is 1510. The first-order chi connectivity index (χ1) is 19.7. The Balaban J connectivity index is 1.21. The van der Waals surface area contributed by atoms with Gasteiger partial charge in [0.05, 0.1) is 16.9 Å². The monoisotopic (exact) mass is 583 g/mol. The lowest BCUT2D eigenvalue weighted by Crippen LogP contribution is -2.34. The van der Waals surface area contributed by atoms with E-state index in [2.05, 4.69) is 30.5 Å². The maximum absolute atomic E-state index is 13.6. The lowest BCUT2D eigenvalue weighted by Gasteiger charge is -2.18. The first-order valence-corrected chi connectivity index (χ1v) is 13.7. The summed E-state index contributed by atoms with van der Waals surface area (Å²) in [5.74, 6) is -0.656. The average molecular weight is 584 g/mol. The van der Waals surface area contributed by atoms with E-state index < -0.39 is 11.6 Å². The van der Waals surface area contributed by atoms with E-state index >= 15 is 0 Å². The van der Waals surface area contributed by atoms with Gasteiger partial charge in [0.2, 0.25) is 0 Å². The highest BCUT2D eigenvalue weighted by atomic mass is 35.5. The first kappa shape index (κ1) is 28.7. The zero-order valence-electron chi connectivity index (χ0n) is 22.9. The number of carbonyl (C=O) groups excluding carboxylic acids is 1. The molecule has 0 spiro atoms. The summed E-state index contributed by atoms with van der Waals surface area (Å²) in [5, 5.41) is 6.82. The highest BCUT2D eigenvalue weighted by molar-refractivity contribution is 6.34. The maximum atomic E-state index is 13.6. The summed E-state index contributed by atoms with van der Waals surface area (Å²) in [6.07, 6.45) is 2.44. The van der Waals surface area contributed by atoms with Crippen LogP contribution in [-0.2, 0) is 11.3 Å². The number of ether oxygens (including phenoxy) is 1. The minimum atomic E-state index is -0.843. The second-order valence-electron chi connectivity index (χ2n) is 10.3. The Hall–Kier alpha value is -3.80. The number of nitrogens with zero attached hydrogens (tertiary/aromatic N) is 4. The van der Waals surface area contributed by atoms with Gasteiger partial charge in [-0.2, -0.15) is 0 Å². The zero-order chi connectivity index (χ0) is 28.9. The predicted molar refractivity (Wildman–Crippen MR) is 155 cm³/mol. The minimum Gasteiger partial charge on any atom is -0.484 e. The number of carbonyl (C=O) groups is 1. The third-order valence-corrected chi connectivity index (χ3v) is 7.15. The number of hydrogen-bond donors (Lipinski definition) is 3. The molecule has 4 aromatic rings. The average Bonchev–Trinajstić information content (AvgIpc) is 3.58. The second kappa shape index (κ2) is 12.8. The van der Waals surface area contributed by atoms with Crippen LogP contribution in [0.5, 0.6) is 5.75 Å². The van der Waals surface area contributed by atoms with Gasteiger partial charge in [0.1, 0.15) is 17.1 Å².